The van der Waals surface area contributed by atoms with Gasteiger partial charge in [-0.15, -0.1) is 0 Å². The highest BCUT2D eigenvalue weighted by Crippen LogP contribution is 2.28. The third-order valence-corrected chi connectivity index (χ3v) is 3.74. The van der Waals surface area contributed by atoms with Gasteiger partial charge in [-0.2, -0.15) is 0 Å². The van der Waals surface area contributed by atoms with E-state index in [4.69, 9.17) is 0 Å². The number of nitrogens with zero attached hydrogens (tertiary/aromatic N) is 2. The van der Waals surface area contributed by atoms with Crippen LogP contribution in [0, 0.1) is 13.8 Å². The first-order valence-electron chi connectivity index (χ1n) is 6.51. The van der Waals surface area contributed by atoms with Crippen molar-refractivity contribution in [3.8, 4) is 0 Å². The summed E-state index contributed by atoms with van der Waals surface area (Å²) in [5.74, 6) is -0.0351. The van der Waals surface area contributed by atoms with Crippen molar-refractivity contribution in [1.82, 2.24) is 9.55 Å². The zero-order valence-electron chi connectivity index (χ0n) is 12.1. The number of carboxylic acids is 1. The summed E-state index contributed by atoms with van der Waals surface area (Å²) in [4.78, 5) is 16.1. The molecule has 4 nitrogen and oxygen atoms in total. The first kappa shape index (κ1) is 13.6. The Kier molecular flexibility index (Phi) is 3.12. The molecule has 0 aliphatic carbocycles. The van der Waals surface area contributed by atoms with E-state index < -0.39 is 11.5 Å². The molecule has 0 fully saturated rings. The van der Waals surface area contributed by atoms with Crippen LogP contribution < -0.4 is 0 Å². The monoisotopic (exact) mass is 260 g/mol. The Morgan fingerprint density at radius 1 is 1.32 bits per heavy atom. The van der Waals surface area contributed by atoms with Crippen LogP contribution in [0.5, 0.6) is 0 Å². The van der Waals surface area contributed by atoms with E-state index in [0.717, 1.165) is 22.4 Å². The molecule has 1 aromatic carbocycles. The Hall–Kier alpha value is -1.84. The maximum Gasteiger partial charge on any atom is 0.329 e. The summed E-state index contributed by atoms with van der Waals surface area (Å²) in [5.41, 5.74) is 3.09. The molecule has 2 aromatic rings. The van der Waals surface area contributed by atoms with Gasteiger partial charge < -0.3 is 9.67 Å². The van der Waals surface area contributed by atoms with Crippen molar-refractivity contribution < 1.29 is 9.90 Å². The smallest absolute Gasteiger partial charge is 0.329 e. The van der Waals surface area contributed by atoms with Crippen LogP contribution in [-0.2, 0) is 16.8 Å². The highest BCUT2D eigenvalue weighted by molar-refractivity contribution is 5.83. The largest absolute Gasteiger partial charge is 0.480 e. The fourth-order valence-electron chi connectivity index (χ4n) is 2.34. The van der Waals surface area contributed by atoms with Crippen LogP contribution in [0.4, 0.5) is 0 Å². The average molecular weight is 260 g/mol. The zero-order chi connectivity index (χ0) is 14.4. The number of aliphatic carboxylic acids is 1. The Balaban J connectivity index is 2.85. The molecule has 0 amide bonds. The van der Waals surface area contributed by atoms with Gasteiger partial charge in [0.05, 0.1) is 11.0 Å². The van der Waals surface area contributed by atoms with Gasteiger partial charge in [0, 0.05) is 6.42 Å². The van der Waals surface area contributed by atoms with Gasteiger partial charge in [0.25, 0.3) is 0 Å². The maximum absolute atomic E-state index is 11.5. The van der Waals surface area contributed by atoms with E-state index in [0.29, 0.717) is 6.42 Å². The first-order valence-corrected chi connectivity index (χ1v) is 6.51. The average Bonchev–Trinajstić information content (AvgIpc) is 2.67. The second-order valence-corrected chi connectivity index (χ2v) is 5.51. The van der Waals surface area contributed by atoms with Crippen LogP contribution in [0.2, 0.25) is 0 Å². The van der Waals surface area contributed by atoms with Gasteiger partial charge in [0.1, 0.15) is 11.4 Å². The number of imidazole rings is 1. The molecule has 0 saturated heterocycles. The Labute approximate surface area is 113 Å². The van der Waals surface area contributed by atoms with Crippen molar-refractivity contribution in [2.24, 2.45) is 0 Å². The minimum absolute atomic E-state index is 0.712. The fourth-order valence-corrected chi connectivity index (χ4v) is 2.34. The lowest BCUT2D eigenvalue weighted by atomic mass is 10.0. The molecule has 1 heterocycles. The van der Waals surface area contributed by atoms with Crippen LogP contribution in [0.15, 0.2) is 12.1 Å². The molecule has 0 aliphatic rings. The number of carboxylic acid groups (broad SMARTS) is 1. The predicted molar refractivity (Wildman–Crippen MR) is 75.5 cm³/mol. The van der Waals surface area contributed by atoms with Crippen molar-refractivity contribution in [2.75, 3.05) is 0 Å². The molecule has 0 radical (unpaired) electrons. The van der Waals surface area contributed by atoms with Gasteiger partial charge in [0.15, 0.2) is 0 Å². The number of aromatic nitrogens is 2. The number of hydrogen-bond donors (Lipinski definition) is 1. The molecule has 0 unspecified atom stereocenters. The predicted octanol–water partition coefficient (Wildman–Crippen LogP) is 3.04. The summed E-state index contributed by atoms with van der Waals surface area (Å²) in [6.07, 6.45) is 0.712. The lowest BCUT2D eigenvalue weighted by Gasteiger charge is -2.24. The van der Waals surface area contributed by atoms with E-state index in [9.17, 15) is 9.90 Å². The highest BCUT2D eigenvalue weighted by Gasteiger charge is 2.33. The topological polar surface area (TPSA) is 55.1 Å². The van der Waals surface area contributed by atoms with Gasteiger partial charge in [-0.25, -0.2) is 9.78 Å². The van der Waals surface area contributed by atoms with E-state index in [-0.39, 0.29) is 0 Å². The lowest BCUT2D eigenvalue weighted by Crippen LogP contribution is -2.36. The molecule has 1 N–H and O–H groups in total. The van der Waals surface area contributed by atoms with E-state index in [1.54, 1.807) is 13.8 Å². The molecular weight excluding hydrogens is 240 g/mol. The lowest BCUT2D eigenvalue weighted by molar-refractivity contribution is -0.145. The van der Waals surface area contributed by atoms with Gasteiger partial charge in [-0.3, -0.25) is 0 Å². The van der Waals surface area contributed by atoms with E-state index >= 15 is 0 Å². The summed E-state index contributed by atoms with van der Waals surface area (Å²) in [6, 6.07) is 4.06. The molecular formula is C15H20N2O2. The Morgan fingerprint density at radius 3 is 2.42 bits per heavy atom. The summed E-state index contributed by atoms with van der Waals surface area (Å²) in [6.45, 7) is 9.50. The summed E-state index contributed by atoms with van der Waals surface area (Å²) >= 11 is 0. The number of carbonyl (C=O) groups is 1. The van der Waals surface area contributed by atoms with Crippen molar-refractivity contribution >= 4 is 17.0 Å². The molecule has 0 bridgehead atoms. The summed E-state index contributed by atoms with van der Waals surface area (Å²) < 4.78 is 1.84. The summed E-state index contributed by atoms with van der Waals surface area (Å²) in [7, 11) is 0. The SMILES string of the molecule is CCc1nc2cc(C)c(C)cc2n1C(C)(C)C(=O)O. The van der Waals surface area contributed by atoms with Crippen LogP contribution in [-0.4, -0.2) is 20.6 Å². The quantitative estimate of drug-likeness (QED) is 0.922. The van der Waals surface area contributed by atoms with E-state index in [2.05, 4.69) is 4.98 Å². The third-order valence-electron chi connectivity index (χ3n) is 3.74. The first-order chi connectivity index (χ1) is 8.78. The molecule has 2 rings (SSSR count). The van der Waals surface area contributed by atoms with E-state index in [1.165, 1.54) is 5.56 Å². The number of fused-ring (bicyclic) bond motifs is 1. The van der Waals surface area contributed by atoms with Gasteiger partial charge >= 0.3 is 5.97 Å². The van der Waals surface area contributed by atoms with Crippen LogP contribution in [0.3, 0.4) is 0 Å². The summed E-state index contributed by atoms with van der Waals surface area (Å²) in [5, 5.41) is 9.47. The molecule has 0 saturated carbocycles. The zero-order valence-corrected chi connectivity index (χ0v) is 12.1. The van der Waals surface area contributed by atoms with Crippen molar-refractivity contribution in [2.45, 2.75) is 46.6 Å². The van der Waals surface area contributed by atoms with Crippen molar-refractivity contribution in [3.05, 3.63) is 29.1 Å². The number of aryl methyl sites for hydroxylation is 3. The van der Waals surface area contributed by atoms with Gasteiger partial charge in [-0.05, 0) is 51.0 Å². The minimum Gasteiger partial charge on any atom is -0.480 e. The van der Waals surface area contributed by atoms with Gasteiger partial charge in [0.2, 0.25) is 0 Å². The molecule has 0 atom stereocenters. The molecule has 0 spiro atoms. The Morgan fingerprint density at radius 2 is 1.89 bits per heavy atom. The second-order valence-electron chi connectivity index (χ2n) is 5.51. The van der Waals surface area contributed by atoms with Crippen molar-refractivity contribution in [3.63, 3.8) is 0 Å². The van der Waals surface area contributed by atoms with Gasteiger partial charge in [-0.1, -0.05) is 6.92 Å². The third kappa shape index (κ3) is 2.01. The van der Waals surface area contributed by atoms with E-state index in [1.807, 2.05) is 37.5 Å². The van der Waals surface area contributed by atoms with Crippen LogP contribution in [0.1, 0.15) is 37.7 Å². The molecule has 102 valence electrons. The number of rotatable bonds is 3. The Bertz CT molecular complexity index is 654. The number of benzene rings is 1. The molecule has 19 heavy (non-hydrogen) atoms. The minimum atomic E-state index is -0.998. The normalized spacial score (nSPS) is 12.1. The molecule has 0 aliphatic heterocycles. The standard InChI is InChI=1S/C15H20N2O2/c1-6-13-16-11-7-9(2)10(3)8-12(11)17(13)15(4,5)14(18)19/h7-8H,6H2,1-5H3,(H,18,19). The number of hydrogen-bond acceptors (Lipinski definition) is 2. The van der Waals surface area contributed by atoms with Crippen molar-refractivity contribution in [1.29, 1.82) is 0 Å². The second kappa shape index (κ2) is 4.37. The maximum atomic E-state index is 11.5. The van der Waals surface area contributed by atoms with Crippen LogP contribution >= 0.6 is 0 Å². The molecule has 1 aromatic heterocycles. The van der Waals surface area contributed by atoms with Crippen LogP contribution in [0.25, 0.3) is 11.0 Å². The fraction of sp³-hybridized carbons (Fsp3) is 0.467. The molecule has 4 heteroatoms. The highest BCUT2D eigenvalue weighted by atomic mass is 16.4.